The van der Waals surface area contributed by atoms with Crippen molar-refractivity contribution in [2.45, 2.75) is 189 Å². The van der Waals surface area contributed by atoms with Crippen molar-refractivity contribution in [1.29, 1.82) is 0 Å². The number of ether oxygens (including phenoxy) is 4. The number of amides is 5. The van der Waals surface area contributed by atoms with E-state index in [1.807, 2.05) is 90.0 Å². The zero-order valence-electron chi connectivity index (χ0n) is 42.5. The maximum Gasteiger partial charge on any atom is 0.410 e. The smallest absolute Gasteiger partial charge is 0.410 e. The summed E-state index contributed by atoms with van der Waals surface area (Å²) in [7, 11) is 11.0. The zero-order chi connectivity index (χ0) is 49.0. The van der Waals surface area contributed by atoms with E-state index in [0.717, 1.165) is 32.1 Å². The zero-order valence-corrected chi connectivity index (χ0v) is 42.5. The topological polar surface area (TPSA) is 171 Å². The maximum atomic E-state index is 13.9. The summed E-state index contributed by atoms with van der Waals surface area (Å²) in [5, 5.41) is 8.21. The van der Waals surface area contributed by atoms with Crippen LogP contribution < -0.4 is 15.8 Å². The minimum atomic E-state index is -0.737. The van der Waals surface area contributed by atoms with Gasteiger partial charge in [-0.1, -0.05) is 26.2 Å². The average molecular weight is 906 g/mol. The van der Waals surface area contributed by atoms with Crippen LogP contribution in [0.2, 0.25) is 0 Å². The van der Waals surface area contributed by atoms with E-state index in [1.54, 1.807) is 19.6 Å². The molecule has 0 aliphatic carbocycles. The number of nitrogens with one attached hydrogen (secondary N) is 3. The van der Waals surface area contributed by atoms with Gasteiger partial charge in [0.15, 0.2) is 16.0 Å². The van der Waals surface area contributed by atoms with Gasteiger partial charge >= 0.3 is 24.4 Å². The van der Waals surface area contributed by atoms with E-state index in [1.165, 1.54) is 0 Å². The first-order valence-electron chi connectivity index (χ1n) is 23.8. The lowest BCUT2D eigenvalue weighted by molar-refractivity contribution is -0.120. The Hall–Kier alpha value is -3.40. The maximum absolute atomic E-state index is 13.9. The van der Waals surface area contributed by atoms with Gasteiger partial charge in [-0.05, 0) is 153 Å². The van der Waals surface area contributed by atoms with Crippen LogP contribution in [0.25, 0.3) is 0 Å². The van der Waals surface area contributed by atoms with E-state index < -0.39 is 46.8 Å². The van der Waals surface area contributed by atoms with E-state index >= 15 is 0 Å². The van der Waals surface area contributed by atoms with Crippen molar-refractivity contribution in [3.05, 3.63) is 0 Å². The Morgan fingerprint density at radius 3 is 1.08 bits per heavy atom. The number of nitrogens with zero attached hydrogens (tertiary/aromatic N) is 4. The summed E-state index contributed by atoms with van der Waals surface area (Å²) in [4.78, 5) is 72.6. The summed E-state index contributed by atoms with van der Waals surface area (Å²) >= 11 is 0. The molecule has 0 bridgehead atoms. The molecule has 368 valence electrons. The van der Waals surface area contributed by atoms with Crippen molar-refractivity contribution < 1.29 is 42.9 Å². The number of hydrogen-bond donors (Lipinski definition) is 3. The second-order valence-electron chi connectivity index (χ2n) is 20.6. The van der Waals surface area contributed by atoms with Crippen LogP contribution >= 0.6 is 0 Å². The van der Waals surface area contributed by atoms with Gasteiger partial charge in [-0.2, -0.15) is 0 Å². The van der Waals surface area contributed by atoms with Gasteiger partial charge in [-0.15, -0.1) is 0 Å². The summed E-state index contributed by atoms with van der Waals surface area (Å²) in [5.41, 5.74) is -2.77. The quantitative estimate of drug-likeness (QED) is 0.0367. The van der Waals surface area contributed by atoms with Crippen LogP contribution in [0.1, 0.15) is 167 Å². The first-order valence-corrected chi connectivity index (χ1v) is 23.8. The lowest BCUT2D eigenvalue weighted by Crippen LogP contribution is -2.45. The molecule has 0 spiro atoms. The third-order valence-electron chi connectivity index (χ3n) is 9.46. The molecular formula is C46H89B2N7O9. The Morgan fingerprint density at radius 1 is 0.438 bits per heavy atom. The SMILES string of the molecule is [B]NCCCN(CCCCN(CC(CCCCCCNC(=O)CC)CN(CCCCN(CCCN[B])C(=O)OC(C)(C)C)C(=O)OC(C)(C)C)C(=O)OC(C)(C)C)C(=O)OC(C)(C)C. The first-order chi connectivity index (χ1) is 29.7. The Bertz CT molecular complexity index is 1250. The molecule has 0 aliphatic rings. The first kappa shape index (κ1) is 60.6. The molecule has 0 rings (SSSR count). The molecule has 0 saturated heterocycles. The van der Waals surface area contributed by atoms with E-state index in [-0.39, 0.29) is 11.8 Å². The summed E-state index contributed by atoms with van der Waals surface area (Å²) in [6.07, 6.45) is 6.74. The third-order valence-corrected chi connectivity index (χ3v) is 9.46. The molecule has 0 fully saturated rings. The number of rotatable bonds is 30. The normalized spacial score (nSPS) is 12.1. The lowest BCUT2D eigenvalue weighted by atomic mass is 9.98. The lowest BCUT2D eigenvalue weighted by Gasteiger charge is -2.34. The van der Waals surface area contributed by atoms with Crippen LogP contribution in [0.4, 0.5) is 19.2 Å². The van der Waals surface area contributed by atoms with E-state index in [0.29, 0.717) is 117 Å². The van der Waals surface area contributed by atoms with Gasteiger partial charge in [0, 0.05) is 65.3 Å². The molecule has 0 aromatic rings. The predicted octanol–water partition coefficient (Wildman–Crippen LogP) is 7.71. The molecular weight excluding hydrogens is 816 g/mol. The van der Waals surface area contributed by atoms with Crippen LogP contribution in [0.15, 0.2) is 0 Å². The standard InChI is InChI=1S/C46H89B2N7O9/c1-14-38(56)49-26-18-16-15-17-25-37(35-54(41(59)63-45(8,9)10)31-21-19-29-52(33-23-27-50-47)39(57)61-43(2,3)4)36-55(42(60)64-46(11,12)13)32-22-20-30-53(34-24-28-51-48)40(58)62-44(5,6)7/h37,50-51H,14-36H2,1-13H3,(H,49,56). The molecule has 4 radical (unpaired) electrons. The van der Waals surface area contributed by atoms with E-state index in [9.17, 15) is 24.0 Å². The Kier molecular flexibility index (Phi) is 29.8. The van der Waals surface area contributed by atoms with Gasteiger partial charge in [0.2, 0.25) is 5.91 Å². The number of hydrogen-bond acceptors (Lipinski definition) is 11. The van der Waals surface area contributed by atoms with Crippen molar-refractivity contribution >= 4 is 46.2 Å². The molecule has 64 heavy (non-hydrogen) atoms. The van der Waals surface area contributed by atoms with Gasteiger partial charge < -0.3 is 54.3 Å². The average Bonchev–Trinajstić information content (AvgIpc) is 3.15. The molecule has 0 aliphatic heterocycles. The van der Waals surface area contributed by atoms with Crippen LogP contribution in [0.3, 0.4) is 0 Å². The molecule has 0 unspecified atom stereocenters. The Morgan fingerprint density at radius 2 is 0.750 bits per heavy atom. The van der Waals surface area contributed by atoms with Crippen molar-refractivity contribution in [2.24, 2.45) is 5.92 Å². The van der Waals surface area contributed by atoms with Crippen LogP contribution in [0.5, 0.6) is 0 Å². The van der Waals surface area contributed by atoms with Crippen molar-refractivity contribution in [2.75, 3.05) is 72.0 Å². The summed E-state index contributed by atoms with van der Waals surface area (Å²) in [5.74, 6) is -0.101. The molecule has 3 N–H and O–H groups in total. The van der Waals surface area contributed by atoms with Gasteiger partial charge in [-0.3, -0.25) is 4.79 Å². The highest BCUT2D eigenvalue weighted by molar-refractivity contribution is 6.04. The van der Waals surface area contributed by atoms with Crippen LogP contribution in [-0.2, 0) is 23.7 Å². The molecule has 0 saturated carbocycles. The second kappa shape index (κ2) is 31.5. The molecule has 16 nitrogen and oxygen atoms in total. The fourth-order valence-corrected chi connectivity index (χ4v) is 6.49. The number of unbranched alkanes of at least 4 members (excludes halogenated alkanes) is 5. The molecule has 0 aromatic carbocycles. The van der Waals surface area contributed by atoms with Gasteiger partial charge in [0.1, 0.15) is 22.4 Å². The Balaban J connectivity index is 6.45. The van der Waals surface area contributed by atoms with Gasteiger partial charge in [0.05, 0.1) is 0 Å². The fourth-order valence-electron chi connectivity index (χ4n) is 6.49. The monoisotopic (exact) mass is 906 g/mol. The van der Waals surface area contributed by atoms with Crippen LogP contribution in [-0.4, -0.2) is 160 Å². The second-order valence-corrected chi connectivity index (χ2v) is 20.6. The molecule has 0 aromatic heterocycles. The van der Waals surface area contributed by atoms with Gasteiger partial charge in [-0.25, -0.2) is 19.2 Å². The van der Waals surface area contributed by atoms with E-state index in [2.05, 4.69) is 15.8 Å². The van der Waals surface area contributed by atoms with E-state index in [4.69, 9.17) is 34.9 Å². The molecule has 5 amide bonds. The largest absolute Gasteiger partial charge is 0.444 e. The number of carbonyl (C=O) groups is 5. The molecule has 18 heteroatoms. The van der Waals surface area contributed by atoms with Crippen molar-refractivity contribution in [3.8, 4) is 0 Å². The third kappa shape index (κ3) is 33.1. The minimum Gasteiger partial charge on any atom is -0.444 e. The highest BCUT2D eigenvalue weighted by Crippen LogP contribution is 2.21. The van der Waals surface area contributed by atoms with Crippen molar-refractivity contribution in [1.82, 2.24) is 35.4 Å². The summed E-state index contributed by atoms with van der Waals surface area (Å²) in [6, 6.07) is 0. The fraction of sp³-hybridized carbons (Fsp3) is 0.891. The summed E-state index contributed by atoms with van der Waals surface area (Å²) < 4.78 is 23.2. The highest BCUT2D eigenvalue weighted by Gasteiger charge is 2.30. The highest BCUT2D eigenvalue weighted by atomic mass is 16.6. The van der Waals surface area contributed by atoms with Crippen LogP contribution in [0, 0.1) is 5.92 Å². The van der Waals surface area contributed by atoms with Gasteiger partial charge in [0.25, 0.3) is 0 Å². The minimum absolute atomic E-state index is 0.0346. The summed E-state index contributed by atoms with van der Waals surface area (Å²) in [6.45, 7) is 28.8. The van der Waals surface area contributed by atoms with Crippen molar-refractivity contribution in [3.63, 3.8) is 0 Å². The number of carbonyl (C=O) groups excluding carboxylic acids is 5. The molecule has 0 heterocycles. The molecule has 0 atom stereocenters. The Labute approximate surface area is 390 Å². The predicted molar refractivity (Wildman–Crippen MR) is 256 cm³/mol.